The highest BCUT2D eigenvalue weighted by Crippen LogP contribution is 2.24. The van der Waals surface area contributed by atoms with Crippen molar-refractivity contribution in [2.75, 3.05) is 6.54 Å². The van der Waals surface area contributed by atoms with E-state index in [-0.39, 0.29) is 6.04 Å². The Morgan fingerprint density at radius 3 is 2.70 bits per heavy atom. The first-order chi connectivity index (χ1) is 4.74. The van der Waals surface area contributed by atoms with Gasteiger partial charge in [-0.05, 0) is 12.1 Å². The first kappa shape index (κ1) is 8.01. The van der Waals surface area contributed by atoms with Gasteiger partial charge in [-0.25, -0.2) is 0 Å². The number of thiophene rings is 1. The molecule has 0 aromatic carbocycles. The second-order valence-electron chi connectivity index (χ2n) is 1.98. The molecule has 1 rings (SSSR count). The minimum Gasteiger partial charge on any atom is -0.329 e. The molecule has 56 valence electrons. The summed E-state index contributed by atoms with van der Waals surface area (Å²) >= 11 is 7.16. The largest absolute Gasteiger partial charge is 0.329 e. The Morgan fingerprint density at radius 2 is 2.30 bits per heavy atom. The zero-order chi connectivity index (χ0) is 7.56. The molecule has 2 nitrogen and oxygen atoms in total. The van der Waals surface area contributed by atoms with Crippen LogP contribution in [0, 0.1) is 0 Å². The van der Waals surface area contributed by atoms with Crippen LogP contribution in [-0.4, -0.2) is 6.54 Å². The molecule has 0 aliphatic carbocycles. The van der Waals surface area contributed by atoms with E-state index in [2.05, 4.69) is 0 Å². The Hall–Kier alpha value is -0.0900. The Morgan fingerprint density at radius 1 is 1.60 bits per heavy atom. The molecule has 1 heterocycles. The molecule has 1 unspecified atom stereocenters. The summed E-state index contributed by atoms with van der Waals surface area (Å²) in [6.45, 7) is 0.469. The molecule has 1 aromatic heterocycles. The first-order valence-electron chi connectivity index (χ1n) is 2.95. The van der Waals surface area contributed by atoms with E-state index in [4.69, 9.17) is 23.1 Å². The number of hydrogen-bond acceptors (Lipinski definition) is 3. The third kappa shape index (κ3) is 1.70. The molecular weight excluding hydrogens is 168 g/mol. The molecule has 1 atom stereocenters. The minimum absolute atomic E-state index is 0.0579. The van der Waals surface area contributed by atoms with Crippen molar-refractivity contribution in [2.45, 2.75) is 6.04 Å². The average Bonchev–Trinajstić information content (AvgIpc) is 2.34. The van der Waals surface area contributed by atoms with Crippen LogP contribution in [0.4, 0.5) is 0 Å². The van der Waals surface area contributed by atoms with Crippen LogP contribution in [0.3, 0.4) is 0 Å². The van der Waals surface area contributed by atoms with Crippen molar-refractivity contribution in [3.8, 4) is 0 Å². The van der Waals surface area contributed by atoms with Crippen LogP contribution >= 0.6 is 22.9 Å². The fourth-order valence-electron chi connectivity index (χ4n) is 0.644. The van der Waals surface area contributed by atoms with Crippen molar-refractivity contribution >= 4 is 22.9 Å². The molecule has 0 fully saturated rings. The van der Waals surface area contributed by atoms with E-state index in [0.717, 1.165) is 9.21 Å². The van der Waals surface area contributed by atoms with E-state index in [0.29, 0.717) is 6.54 Å². The number of rotatable bonds is 2. The maximum atomic E-state index is 5.68. The van der Waals surface area contributed by atoms with Gasteiger partial charge in [-0.1, -0.05) is 11.6 Å². The highest BCUT2D eigenvalue weighted by Gasteiger charge is 2.04. The van der Waals surface area contributed by atoms with Gasteiger partial charge in [0, 0.05) is 11.4 Å². The van der Waals surface area contributed by atoms with Gasteiger partial charge < -0.3 is 11.5 Å². The lowest BCUT2D eigenvalue weighted by molar-refractivity contribution is 0.752. The molecule has 0 aliphatic heterocycles. The topological polar surface area (TPSA) is 52.0 Å². The Labute approximate surface area is 68.8 Å². The first-order valence-corrected chi connectivity index (χ1v) is 4.14. The van der Waals surface area contributed by atoms with Gasteiger partial charge in [0.15, 0.2) is 0 Å². The van der Waals surface area contributed by atoms with E-state index in [1.165, 1.54) is 11.3 Å². The number of nitrogens with two attached hydrogens (primary N) is 2. The summed E-state index contributed by atoms with van der Waals surface area (Å²) in [4.78, 5) is 1.05. The normalized spacial score (nSPS) is 13.5. The van der Waals surface area contributed by atoms with Gasteiger partial charge >= 0.3 is 0 Å². The maximum Gasteiger partial charge on any atom is 0.0931 e. The lowest BCUT2D eigenvalue weighted by Crippen LogP contribution is -2.19. The Bertz CT molecular complexity index is 211. The fraction of sp³-hybridized carbons (Fsp3) is 0.333. The van der Waals surface area contributed by atoms with Crippen LogP contribution in [-0.2, 0) is 0 Å². The van der Waals surface area contributed by atoms with Crippen molar-refractivity contribution < 1.29 is 0 Å². The standard InChI is InChI=1S/C6H9ClN2S/c7-6-2-1-5(10-6)4(9)3-8/h1-2,4H,3,8-9H2. The lowest BCUT2D eigenvalue weighted by atomic mass is 10.3. The van der Waals surface area contributed by atoms with E-state index in [9.17, 15) is 0 Å². The summed E-state index contributed by atoms with van der Waals surface area (Å²) in [6.07, 6.45) is 0. The van der Waals surface area contributed by atoms with Crippen molar-refractivity contribution in [3.05, 3.63) is 21.3 Å². The van der Waals surface area contributed by atoms with Crippen molar-refractivity contribution in [1.82, 2.24) is 0 Å². The third-order valence-corrected chi connectivity index (χ3v) is 2.58. The quantitative estimate of drug-likeness (QED) is 0.715. The fourth-order valence-corrected chi connectivity index (χ4v) is 1.72. The number of halogens is 1. The highest BCUT2D eigenvalue weighted by atomic mass is 35.5. The predicted octanol–water partition coefficient (Wildman–Crippen LogP) is 1.36. The maximum absolute atomic E-state index is 5.68. The molecule has 1 aromatic rings. The summed E-state index contributed by atoms with van der Waals surface area (Å²) in [7, 11) is 0. The van der Waals surface area contributed by atoms with E-state index >= 15 is 0 Å². The summed E-state index contributed by atoms with van der Waals surface area (Å²) in [5.41, 5.74) is 11.0. The Kier molecular flexibility index (Phi) is 2.68. The van der Waals surface area contributed by atoms with Gasteiger partial charge in [-0.2, -0.15) is 0 Å². The molecular formula is C6H9ClN2S. The van der Waals surface area contributed by atoms with Crippen LogP contribution in [0.2, 0.25) is 4.34 Å². The zero-order valence-corrected chi connectivity index (χ0v) is 6.95. The monoisotopic (exact) mass is 176 g/mol. The number of hydrogen-bond donors (Lipinski definition) is 2. The van der Waals surface area contributed by atoms with Crippen molar-refractivity contribution in [1.29, 1.82) is 0 Å². The molecule has 0 radical (unpaired) electrons. The summed E-state index contributed by atoms with van der Waals surface area (Å²) in [5.74, 6) is 0. The van der Waals surface area contributed by atoms with Crippen LogP contribution in [0.5, 0.6) is 0 Å². The van der Waals surface area contributed by atoms with Crippen LogP contribution < -0.4 is 11.5 Å². The predicted molar refractivity (Wildman–Crippen MR) is 45.3 cm³/mol. The van der Waals surface area contributed by atoms with Gasteiger partial charge in [0.2, 0.25) is 0 Å². The van der Waals surface area contributed by atoms with E-state index in [1.54, 1.807) is 0 Å². The van der Waals surface area contributed by atoms with Crippen LogP contribution in [0.15, 0.2) is 12.1 Å². The van der Waals surface area contributed by atoms with Crippen LogP contribution in [0.25, 0.3) is 0 Å². The van der Waals surface area contributed by atoms with Crippen molar-refractivity contribution in [2.24, 2.45) is 11.5 Å². The van der Waals surface area contributed by atoms with Gasteiger partial charge in [-0.3, -0.25) is 0 Å². The molecule has 0 saturated carbocycles. The molecule has 4 N–H and O–H groups in total. The minimum atomic E-state index is -0.0579. The Balaban J connectivity index is 2.74. The molecule has 4 heteroatoms. The molecule has 0 bridgehead atoms. The van der Waals surface area contributed by atoms with Crippen LogP contribution in [0.1, 0.15) is 10.9 Å². The van der Waals surface area contributed by atoms with Gasteiger partial charge in [0.05, 0.1) is 10.4 Å². The average molecular weight is 177 g/mol. The lowest BCUT2D eigenvalue weighted by Gasteiger charge is -2.02. The molecule has 0 aliphatic rings. The molecule has 0 spiro atoms. The molecule has 10 heavy (non-hydrogen) atoms. The summed E-state index contributed by atoms with van der Waals surface area (Å²) < 4.78 is 0.763. The van der Waals surface area contributed by atoms with Gasteiger partial charge in [0.1, 0.15) is 0 Å². The second-order valence-corrected chi connectivity index (χ2v) is 3.73. The second kappa shape index (κ2) is 3.34. The molecule has 0 amide bonds. The van der Waals surface area contributed by atoms with E-state index < -0.39 is 0 Å². The zero-order valence-electron chi connectivity index (χ0n) is 5.38. The molecule has 0 saturated heterocycles. The third-order valence-electron chi connectivity index (χ3n) is 1.21. The van der Waals surface area contributed by atoms with Gasteiger partial charge in [0.25, 0.3) is 0 Å². The van der Waals surface area contributed by atoms with Gasteiger partial charge in [-0.15, -0.1) is 11.3 Å². The smallest absolute Gasteiger partial charge is 0.0931 e. The summed E-state index contributed by atoms with van der Waals surface area (Å²) in [5, 5.41) is 0. The van der Waals surface area contributed by atoms with E-state index in [1.807, 2.05) is 12.1 Å². The summed E-state index contributed by atoms with van der Waals surface area (Å²) in [6, 6.07) is 3.68. The highest BCUT2D eigenvalue weighted by molar-refractivity contribution is 7.16. The van der Waals surface area contributed by atoms with Crippen molar-refractivity contribution in [3.63, 3.8) is 0 Å². The SMILES string of the molecule is NCC(N)c1ccc(Cl)s1.